The highest BCUT2D eigenvalue weighted by Crippen LogP contribution is 2.26. The lowest BCUT2D eigenvalue weighted by Crippen LogP contribution is -1.99. The summed E-state index contributed by atoms with van der Waals surface area (Å²) in [4.78, 5) is 5.61. The maximum absolute atomic E-state index is 4.71. The van der Waals surface area contributed by atoms with Gasteiger partial charge in [0.1, 0.15) is 0 Å². The van der Waals surface area contributed by atoms with Gasteiger partial charge in [-0.2, -0.15) is 0 Å². The summed E-state index contributed by atoms with van der Waals surface area (Å²) in [6.45, 7) is 5.17. The Kier molecular flexibility index (Phi) is 4.24. The first-order chi connectivity index (χ1) is 12.2. The summed E-state index contributed by atoms with van der Waals surface area (Å²) < 4.78 is 1.85. The highest BCUT2D eigenvalue weighted by molar-refractivity contribution is 7.20. The Hall–Kier alpha value is -2.66. The third-order valence-electron chi connectivity index (χ3n) is 4.20. The number of nitrogens with one attached hydrogen (secondary N) is 1. The molecule has 25 heavy (non-hydrogen) atoms. The fourth-order valence-electron chi connectivity index (χ4n) is 2.72. The van der Waals surface area contributed by atoms with E-state index in [4.69, 9.17) is 4.98 Å². The lowest BCUT2D eigenvalue weighted by molar-refractivity contribution is 0.867. The highest BCUT2D eigenvalue weighted by atomic mass is 32.1. The van der Waals surface area contributed by atoms with E-state index in [9.17, 15) is 0 Å². The molecule has 2 heterocycles. The molecule has 0 radical (unpaired) electrons. The summed E-state index contributed by atoms with van der Waals surface area (Å²) >= 11 is 1.57. The van der Waals surface area contributed by atoms with Crippen molar-refractivity contribution in [1.29, 1.82) is 0 Å². The number of hydrogen-bond acceptors (Lipinski definition) is 4. The van der Waals surface area contributed by atoms with Crippen LogP contribution >= 0.6 is 11.3 Å². The molecule has 0 saturated heterocycles. The molecule has 0 unspecified atom stereocenters. The number of imidazole rings is 1. The van der Waals surface area contributed by atoms with Crippen molar-refractivity contribution >= 4 is 21.4 Å². The molecule has 4 aromatic rings. The van der Waals surface area contributed by atoms with E-state index < -0.39 is 0 Å². The summed E-state index contributed by atoms with van der Waals surface area (Å²) in [5, 5.41) is 8.83. The zero-order valence-corrected chi connectivity index (χ0v) is 15.1. The van der Waals surface area contributed by atoms with Gasteiger partial charge in [-0.3, -0.25) is 0 Å². The normalized spacial score (nSPS) is 11.3. The Balaban J connectivity index is 1.51. The molecule has 0 atom stereocenters. The minimum atomic E-state index is 0.541. The average molecular weight is 348 g/mol. The molecule has 5 heteroatoms. The lowest BCUT2D eigenvalue weighted by Gasteiger charge is -2.05. The molecule has 0 fully saturated rings. The summed E-state index contributed by atoms with van der Waals surface area (Å²) in [5.74, 6) is 0.541. The van der Waals surface area contributed by atoms with Gasteiger partial charge in [0.05, 0.1) is 11.9 Å². The second-order valence-electron chi connectivity index (χ2n) is 6.38. The molecule has 2 aromatic carbocycles. The van der Waals surface area contributed by atoms with Crippen LogP contribution in [0.25, 0.3) is 16.2 Å². The van der Waals surface area contributed by atoms with Gasteiger partial charge in [-0.15, -0.1) is 5.10 Å². The number of nitrogens with zero attached hydrogens (tertiary/aromatic N) is 3. The predicted octanol–water partition coefficient (Wildman–Crippen LogP) is 5.19. The van der Waals surface area contributed by atoms with Gasteiger partial charge in [0.2, 0.25) is 10.1 Å². The van der Waals surface area contributed by atoms with E-state index in [1.54, 1.807) is 11.3 Å². The molecule has 1 N–H and O–H groups in total. The third kappa shape index (κ3) is 3.42. The van der Waals surface area contributed by atoms with Crippen LogP contribution in [-0.2, 0) is 6.54 Å². The standard InChI is InChI=1S/C20H20N4S/c1-14(2)16-8-10-17(11-9-16)18-13-24-20(22-18)25-19(23-24)21-12-15-6-4-3-5-7-15/h3-11,13-14H,12H2,1-2H3,(H,21,23). The second-order valence-corrected chi connectivity index (χ2v) is 7.33. The van der Waals surface area contributed by atoms with Gasteiger partial charge >= 0.3 is 0 Å². The molecule has 0 spiro atoms. The first-order valence-electron chi connectivity index (χ1n) is 8.43. The van der Waals surface area contributed by atoms with Crippen LogP contribution in [0.4, 0.5) is 5.13 Å². The third-order valence-corrected chi connectivity index (χ3v) is 5.08. The Morgan fingerprint density at radius 3 is 2.48 bits per heavy atom. The summed E-state index contributed by atoms with van der Waals surface area (Å²) in [6, 6.07) is 18.9. The number of fused-ring (bicyclic) bond motifs is 1. The Morgan fingerprint density at radius 2 is 1.80 bits per heavy atom. The summed E-state index contributed by atoms with van der Waals surface area (Å²) in [5.41, 5.74) is 4.67. The van der Waals surface area contributed by atoms with Crippen molar-refractivity contribution in [2.24, 2.45) is 0 Å². The van der Waals surface area contributed by atoms with Crippen LogP contribution in [0, 0.1) is 0 Å². The van der Waals surface area contributed by atoms with Crippen LogP contribution in [0.2, 0.25) is 0 Å². The topological polar surface area (TPSA) is 42.2 Å². The fourth-order valence-corrected chi connectivity index (χ4v) is 3.50. The van der Waals surface area contributed by atoms with Gasteiger partial charge in [-0.05, 0) is 17.0 Å². The van der Waals surface area contributed by atoms with Crippen molar-refractivity contribution in [3.63, 3.8) is 0 Å². The molecule has 4 nitrogen and oxygen atoms in total. The molecular formula is C20H20N4S. The second kappa shape index (κ2) is 6.69. The number of rotatable bonds is 5. The Bertz CT molecular complexity index is 937. The van der Waals surface area contributed by atoms with E-state index in [0.29, 0.717) is 5.92 Å². The number of hydrogen-bond donors (Lipinski definition) is 1. The SMILES string of the molecule is CC(C)c1ccc(-c2cn3nc(NCc4ccccc4)sc3n2)cc1. The van der Waals surface area contributed by atoms with Gasteiger partial charge in [0.25, 0.3) is 0 Å². The number of anilines is 1. The van der Waals surface area contributed by atoms with E-state index in [-0.39, 0.29) is 0 Å². The van der Waals surface area contributed by atoms with Crippen molar-refractivity contribution in [3.8, 4) is 11.3 Å². The zero-order valence-electron chi connectivity index (χ0n) is 14.3. The molecule has 0 saturated carbocycles. The van der Waals surface area contributed by atoms with Crippen molar-refractivity contribution in [1.82, 2.24) is 14.6 Å². The summed E-state index contributed by atoms with van der Waals surface area (Å²) in [6.07, 6.45) is 1.99. The van der Waals surface area contributed by atoms with Crippen molar-refractivity contribution in [2.75, 3.05) is 5.32 Å². The average Bonchev–Trinajstić information content (AvgIpc) is 3.19. The minimum absolute atomic E-state index is 0.541. The quantitative estimate of drug-likeness (QED) is 0.539. The molecule has 4 rings (SSSR count). The lowest BCUT2D eigenvalue weighted by atomic mass is 10.0. The van der Waals surface area contributed by atoms with Gasteiger partial charge in [0, 0.05) is 12.1 Å². The van der Waals surface area contributed by atoms with Crippen LogP contribution in [0.3, 0.4) is 0 Å². The minimum Gasteiger partial charge on any atom is -0.356 e. The molecule has 0 bridgehead atoms. The van der Waals surface area contributed by atoms with Crippen LogP contribution in [-0.4, -0.2) is 14.6 Å². The van der Waals surface area contributed by atoms with Crippen LogP contribution in [0.5, 0.6) is 0 Å². The number of benzene rings is 2. The van der Waals surface area contributed by atoms with Crippen LogP contribution in [0.1, 0.15) is 30.9 Å². The molecule has 126 valence electrons. The molecular weight excluding hydrogens is 328 g/mol. The monoisotopic (exact) mass is 348 g/mol. The van der Waals surface area contributed by atoms with Crippen molar-refractivity contribution < 1.29 is 0 Å². The maximum Gasteiger partial charge on any atom is 0.214 e. The van der Waals surface area contributed by atoms with Gasteiger partial charge in [-0.25, -0.2) is 9.50 Å². The molecule has 0 amide bonds. The fraction of sp³-hybridized carbons (Fsp3) is 0.200. The van der Waals surface area contributed by atoms with Crippen molar-refractivity contribution in [2.45, 2.75) is 26.3 Å². The van der Waals surface area contributed by atoms with Gasteiger partial charge in [0.15, 0.2) is 0 Å². The van der Waals surface area contributed by atoms with E-state index in [2.05, 4.69) is 60.7 Å². The maximum atomic E-state index is 4.71. The Labute approximate surface area is 151 Å². The smallest absolute Gasteiger partial charge is 0.214 e. The first kappa shape index (κ1) is 15.8. The van der Waals surface area contributed by atoms with Crippen LogP contribution in [0.15, 0.2) is 60.8 Å². The van der Waals surface area contributed by atoms with Crippen molar-refractivity contribution in [3.05, 3.63) is 71.9 Å². The summed E-state index contributed by atoms with van der Waals surface area (Å²) in [7, 11) is 0. The van der Waals surface area contributed by atoms with E-state index in [0.717, 1.165) is 27.9 Å². The molecule has 0 aliphatic carbocycles. The first-order valence-corrected chi connectivity index (χ1v) is 9.25. The molecule has 0 aliphatic rings. The van der Waals surface area contributed by atoms with E-state index >= 15 is 0 Å². The van der Waals surface area contributed by atoms with Gasteiger partial charge in [-0.1, -0.05) is 79.8 Å². The van der Waals surface area contributed by atoms with E-state index in [1.807, 2.05) is 28.9 Å². The predicted molar refractivity (Wildman–Crippen MR) is 104 cm³/mol. The van der Waals surface area contributed by atoms with Crippen LogP contribution < -0.4 is 5.32 Å². The van der Waals surface area contributed by atoms with E-state index in [1.165, 1.54) is 11.1 Å². The number of aromatic nitrogens is 3. The van der Waals surface area contributed by atoms with Gasteiger partial charge < -0.3 is 5.32 Å². The molecule has 0 aliphatic heterocycles. The highest BCUT2D eigenvalue weighted by Gasteiger charge is 2.10. The largest absolute Gasteiger partial charge is 0.356 e. The Morgan fingerprint density at radius 1 is 1.04 bits per heavy atom. The molecule has 2 aromatic heterocycles. The zero-order chi connectivity index (χ0) is 17.2.